The van der Waals surface area contributed by atoms with Crippen LogP contribution in [0.3, 0.4) is 0 Å². The molecule has 118 valence electrons. The topological polar surface area (TPSA) is 15.7 Å². The fourth-order valence-electron chi connectivity index (χ4n) is 4.71. The Morgan fingerprint density at radius 2 is 1.67 bits per heavy atom. The van der Waals surface area contributed by atoms with E-state index in [1.54, 1.807) is 0 Å². The van der Waals surface area contributed by atoms with Crippen LogP contribution in [0.5, 0.6) is 0 Å². The van der Waals surface area contributed by atoms with Crippen molar-refractivity contribution in [3.8, 4) is 0 Å². The van der Waals surface area contributed by atoms with Crippen molar-refractivity contribution in [1.29, 1.82) is 0 Å². The molecule has 3 aliphatic heterocycles. The van der Waals surface area contributed by atoms with Crippen molar-refractivity contribution in [2.24, 2.45) is 5.92 Å². The third-order valence-electron chi connectivity index (χ3n) is 5.97. The second-order valence-electron chi connectivity index (χ2n) is 7.83. The predicted molar refractivity (Wildman–Crippen MR) is 92.9 cm³/mol. The maximum atomic E-state index is 6.41. The first-order valence-corrected chi connectivity index (χ1v) is 9.25. The van der Waals surface area contributed by atoms with Gasteiger partial charge >= 0.3 is 0 Å². The third kappa shape index (κ3) is 4.49. The summed E-state index contributed by atoms with van der Waals surface area (Å²) in [6.07, 6.45) is 13.3. The van der Waals surface area contributed by atoms with Gasteiger partial charge in [-0.2, -0.15) is 0 Å². The van der Waals surface area contributed by atoms with Gasteiger partial charge in [-0.25, -0.2) is 0 Å². The van der Waals surface area contributed by atoms with Crippen molar-refractivity contribution in [1.82, 2.24) is 9.62 Å². The molecule has 0 spiro atoms. The normalized spacial score (nSPS) is 39.6. The molecule has 4 unspecified atom stereocenters. The van der Waals surface area contributed by atoms with Gasteiger partial charge in [-0.3, -0.25) is 0 Å². The number of hydrogen-bond donors (Lipinski definition) is 0. The number of ether oxygens (including phenoxy) is 1. The summed E-state index contributed by atoms with van der Waals surface area (Å²) in [6.45, 7) is 3.86. The van der Waals surface area contributed by atoms with Crippen LogP contribution in [0.15, 0.2) is 0 Å². The zero-order chi connectivity index (χ0) is 14.7. The quantitative estimate of drug-likeness (QED) is 0.718. The van der Waals surface area contributed by atoms with E-state index in [2.05, 4.69) is 25.6 Å². The molecule has 0 aromatic rings. The van der Waals surface area contributed by atoms with Gasteiger partial charge in [0.1, 0.15) is 0 Å². The van der Waals surface area contributed by atoms with Crippen LogP contribution in [0.4, 0.5) is 0 Å². The molecule has 0 bridgehead atoms. The predicted octanol–water partition coefficient (Wildman–Crippen LogP) is 0.977. The molecule has 0 saturated carbocycles. The van der Waals surface area contributed by atoms with Gasteiger partial charge in [0.2, 0.25) is 0 Å². The van der Waals surface area contributed by atoms with Gasteiger partial charge < -0.3 is 14.4 Å². The zero-order valence-corrected chi connectivity index (χ0v) is 14.1. The fourth-order valence-corrected chi connectivity index (χ4v) is 4.71. The van der Waals surface area contributed by atoms with Crippen LogP contribution in [0.2, 0.25) is 0 Å². The van der Waals surface area contributed by atoms with Gasteiger partial charge in [-0.15, -0.1) is 0 Å². The van der Waals surface area contributed by atoms with Crippen LogP contribution in [-0.2, 0) is 4.74 Å². The van der Waals surface area contributed by atoms with E-state index in [1.807, 2.05) is 0 Å². The molecule has 4 atom stereocenters. The second kappa shape index (κ2) is 7.52. The molecular formula is C16H32B2N2O. The number of hydrogen-bond acceptors (Lipinski definition) is 3. The van der Waals surface area contributed by atoms with E-state index < -0.39 is 0 Å². The Balaban J connectivity index is 1.40. The summed E-state index contributed by atoms with van der Waals surface area (Å²) in [4.78, 5) is 5.06. The lowest BCUT2D eigenvalue weighted by Gasteiger charge is -2.35. The second-order valence-corrected chi connectivity index (χ2v) is 7.83. The van der Waals surface area contributed by atoms with Crippen molar-refractivity contribution in [3.63, 3.8) is 0 Å². The van der Waals surface area contributed by atoms with E-state index in [-0.39, 0.29) is 0 Å². The minimum absolute atomic E-state index is 0.543. The molecule has 3 aliphatic rings. The van der Waals surface area contributed by atoms with Gasteiger partial charge in [0.05, 0.1) is 12.2 Å². The van der Waals surface area contributed by atoms with E-state index in [9.17, 15) is 0 Å². The van der Waals surface area contributed by atoms with Crippen LogP contribution in [0.25, 0.3) is 0 Å². The highest BCUT2D eigenvalue weighted by molar-refractivity contribution is 6.04. The Labute approximate surface area is 132 Å². The van der Waals surface area contributed by atoms with Crippen molar-refractivity contribution >= 4 is 16.0 Å². The lowest BCUT2D eigenvalue weighted by atomic mass is 9.90. The standard InChI is InChI=1S/C16H32B2N2O/c17-19-8-3-4-13(12-19)10-15-6-7-16(21-15)11-14-5-1-2-9-20(14)18/h13-16H,1-12,17-18H2. The average molecular weight is 290 g/mol. The average Bonchev–Trinajstić information content (AvgIpc) is 2.89. The molecule has 3 fully saturated rings. The molecule has 5 heteroatoms. The van der Waals surface area contributed by atoms with Crippen molar-refractivity contribution in [3.05, 3.63) is 0 Å². The van der Waals surface area contributed by atoms with Gasteiger partial charge in [0.15, 0.2) is 16.0 Å². The lowest BCUT2D eigenvalue weighted by molar-refractivity contribution is 0.0108. The molecule has 21 heavy (non-hydrogen) atoms. The highest BCUT2D eigenvalue weighted by atomic mass is 16.5. The van der Waals surface area contributed by atoms with Gasteiger partial charge in [-0.1, -0.05) is 6.42 Å². The molecule has 3 nitrogen and oxygen atoms in total. The highest BCUT2D eigenvalue weighted by Crippen LogP contribution is 2.32. The summed E-state index contributed by atoms with van der Waals surface area (Å²) in [7, 11) is 4.57. The van der Waals surface area contributed by atoms with Gasteiger partial charge in [-0.05, 0) is 76.9 Å². The molecule has 0 N–H and O–H groups in total. The SMILES string of the molecule is BN1CCCC(CC2CCC(CC3CCCCN3B)O2)C1. The summed E-state index contributed by atoms with van der Waals surface area (Å²) in [5.74, 6) is 0.879. The summed E-state index contributed by atoms with van der Waals surface area (Å²) >= 11 is 0. The van der Waals surface area contributed by atoms with Crippen molar-refractivity contribution in [2.45, 2.75) is 76.0 Å². The molecule has 3 heterocycles. The highest BCUT2D eigenvalue weighted by Gasteiger charge is 2.31. The zero-order valence-electron chi connectivity index (χ0n) is 14.1. The largest absolute Gasteiger partial charge is 0.375 e. The van der Waals surface area contributed by atoms with Gasteiger partial charge in [0, 0.05) is 6.04 Å². The van der Waals surface area contributed by atoms with Crippen LogP contribution >= 0.6 is 0 Å². The Morgan fingerprint density at radius 3 is 2.43 bits per heavy atom. The Hall–Kier alpha value is 0.00987. The monoisotopic (exact) mass is 290 g/mol. The maximum absolute atomic E-state index is 6.41. The molecular weight excluding hydrogens is 258 g/mol. The lowest BCUT2D eigenvalue weighted by Crippen LogP contribution is -2.39. The Kier molecular flexibility index (Phi) is 5.69. The van der Waals surface area contributed by atoms with E-state index in [0.717, 1.165) is 12.0 Å². The smallest absolute Gasteiger partial charge is 0.185 e. The maximum Gasteiger partial charge on any atom is 0.185 e. The molecule has 0 amide bonds. The van der Waals surface area contributed by atoms with E-state index >= 15 is 0 Å². The van der Waals surface area contributed by atoms with Gasteiger partial charge in [0.25, 0.3) is 0 Å². The van der Waals surface area contributed by atoms with E-state index in [1.165, 1.54) is 77.4 Å². The number of nitrogens with zero attached hydrogens (tertiary/aromatic N) is 2. The minimum Gasteiger partial charge on any atom is -0.375 e. The first-order valence-electron chi connectivity index (χ1n) is 9.25. The Morgan fingerprint density at radius 1 is 0.857 bits per heavy atom. The van der Waals surface area contributed by atoms with Crippen molar-refractivity contribution in [2.75, 3.05) is 19.6 Å². The first-order chi connectivity index (χ1) is 10.2. The molecule has 3 saturated heterocycles. The summed E-state index contributed by atoms with van der Waals surface area (Å²) in [6, 6.07) is 0.781. The molecule has 0 aliphatic carbocycles. The molecule has 0 aromatic heterocycles. The molecule has 3 rings (SSSR count). The Bertz CT molecular complexity index is 331. The molecule has 0 radical (unpaired) electrons. The third-order valence-corrected chi connectivity index (χ3v) is 5.97. The van der Waals surface area contributed by atoms with E-state index in [4.69, 9.17) is 4.74 Å². The van der Waals surface area contributed by atoms with Crippen LogP contribution < -0.4 is 0 Å². The van der Waals surface area contributed by atoms with Crippen molar-refractivity contribution < 1.29 is 4.74 Å². The van der Waals surface area contributed by atoms with E-state index in [0.29, 0.717) is 12.2 Å². The van der Waals surface area contributed by atoms with Crippen LogP contribution in [0, 0.1) is 5.92 Å². The number of piperidine rings is 2. The van der Waals surface area contributed by atoms with Crippen LogP contribution in [0.1, 0.15) is 57.8 Å². The summed E-state index contributed by atoms with van der Waals surface area (Å²) in [5.41, 5.74) is 0. The first kappa shape index (κ1) is 15.9. The van der Waals surface area contributed by atoms with Crippen LogP contribution in [-0.4, -0.2) is 63.5 Å². The summed E-state index contributed by atoms with van der Waals surface area (Å²) in [5, 5.41) is 0. The number of rotatable bonds is 4. The summed E-state index contributed by atoms with van der Waals surface area (Å²) < 4.78 is 6.41. The minimum atomic E-state index is 0.543. The molecule has 0 aromatic carbocycles. The fraction of sp³-hybridized carbons (Fsp3) is 1.00.